The molecule has 1 aromatic carbocycles. The number of primary amides is 1. The van der Waals surface area contributed by atoms with Gasteiger partial charge in [-0.15, -0.1) is 0 Å². The number of halogens is 1. The van der Waals surface area contributed by atoms with Gasteiger partial charge in [-0.1, -0.05) is 6.07 Å². The SMILES string of the molecule is NC(=O)[C@H]1C[C@@H](S(=O)(=O)Nc2ncnc(OCCOc3ncc(Br)cn3)c2-c2ccc3c(c2)OCO3)C2CC1C2. The van der Waals surface area contributed by atoms with Gasteiger partial charge in [0.05, 0.1) is 15.3 Å². The van der Waals surface area contributed by atoms with Crippen molar-refractivity contribution >= 4 is 37.7 Å². The second-order valence-electron chi connectivity index (χ2n) is 9.77. The van der Waals surface area contributed by atoms with Crippen LogP contribution in [0, 0.1) is 17.8 Å². The van der Waals surface area contributed by atoms with Crippen LogP contribution in [0.4, 0.5) is 5.82 Å². The summed E-state index contributed by atoms with van der Waals surface area (Å²) >= 11 is 3.27. The number of hydrogen-bond donors (Lipinski definition) is 2. The molecule has 3 aromatic rings. The lowest BCUT2D eigenvalue weighted by atomic mass is 9.59. The molecular weight excluding hydrogens is 608 g/mol. The minimum Gasteiger partial charge on any atom is -0.473 e. The average Bonchev–Trinajstić information content (AvgIpc) is 3.39. The Bertz CT molecular complexity index is 1540. The predicted molar refractivity (Wildman–Crippen MR) is 144 cm³/mol. The van der Waals surface area contributed by atoms with Crippen molar-refractivity contribution < 1.29 is 32.2 Å². The molecule has 2 aromatic heterocycles. The molecule has 1 amide bonds. The average molecular weight is 633 g/mol. The molecule has 15 heteroatoms. The van der Waals surface area contributed by atoms with Gasteiger partial charge in [0.25, 0.3) is 0 Å². The summed E-state index contributed by atoms with van der Waals surface area (Å²) in [4.78, 5) is 28.6. The Morgan fingerprint density at radius 1 is 1.02 bits per heavy atom. The van der Waals surface area contributed by atoms with Crippen molar-refractivity contribution in [2.45, 2.75) is 24.5 Å². The number of sulfonamides is 1. The number of nitrogens with two attached hydrogens (primary N) is 1. The Balaban J connectivity index is 1.27. The van der Waals surface area contributed by atoms with Crippen LogP contribution in [0.1, 0.15) is 19.3 Å². The smallest absolute Gasteiger partial charge is 0.316 e. The third-order valence-electron chi connectivity index (χ3n) is 7.42. The molecule has 1 aliphatic heterocycles. The number of fused-ring (bicyclic) bond motifs is 3. The zero-order chi connectivity index (χ0) is 27.9. The lowest BCUT2D eigenvalue weighted by Crippen LogP contribution is -2.53. The van der Waals surface area contributed by atoms with E-state index in [9.17, 15) is 13.2 Å². The van der Waals surface area contributed by atoms with Gasteiger partial charge in [-0.3, -0.25) is 9.52 Å². The van der Waals surface area contributed by atoms with E-state index in [-0.39, 0.29) is 56.0 Å². The molecule has 13 nitrogen and oxygen atoms in total. The summed E-state index contributed by atoms with van der Waals surface area (Å²) in [5.41, 5.74) is 6.44. The minimum atomic E-state index is -3.94. The van der Waals surface area contributed by atoms with Crippen molar-refractivity contribution in [1.82, 2.24) is 19.9 Å². The minimum absolute atomic E-state index is 0.0392. The molecule has 3 saturated carbocycles. The Kier molecular flexibility index (Phi) is 7.08. The molecule has 2 atom stereocenters. The van der Waals surface area contributed by atoms with Gasteiger partial charge < -0.3 is 24.7 Å². The van der Waals surface area contributed by atoms with Gasteiger partial charge >= 0.3 is 6.01 Å². The quantitative estimate of drug-likeness (QED) is 0.314. The highest BCUT2D eigenvalue weighted by atomic mass is 79.9. The standard InChI is InChI=1S/C25H25BrN6O7S/c26-16-9-28-25(29-10-16)37-4-3-36-24-21(13-1-2-18-19(7-13)39-12-38-18)23(30-11-31-24)32-40(34,35)20-8-17(22(27)33)14-5-15(20)6-14/h1-2,7,9-11,14-15,17,20H,3-6,8,12H2,(H2,27,33)(H,30,31,32)/t14?,15?,17-,20+/m0/s1. The van der Waals surface area contributed by atoms with Crippen molar-refractivity contribution in [2.75, 3.05) is 24.7 Å². The molecule has 3 fully saturated rings. The Morgan fingerprint density at radius 3 is 2.55 bits per heavy atom. The third kappa shape index (κ3) is 5.22. The molecule has 3 aliphatic carbocycles. The molecule has 2 bridgehead atoms. The van der Waals surface area contributed by atoms with E-state index in [0.29, 0.717) is 35.5 Å². The van der Waals surface area contributed by atoms with Crippen LogP contribution < -0.4 is 29.4 Å². The number of carbonyl (C=O) groups is 1. The first-order valence-electron chi connectivity index (χ1n) is 12.6. The maximum Gasteiger partial charge on any atom is 0.316 e. The number of benzene rings is 1. The number of nitrogens with zero attached hydrogens (tertiary/aromatic N) is 4. The Hall–Kier alpha value is -3.72. The lowest BCUT2D eigenvalue weighted by Gasteiger charge is -2.49. The molecule has 4 aliphatic rings. The van der Waals surface area contributed by atoms with Crippen LogP contribution in [0.3, 0.4) is 0 Å². The topological polar surface area (TPSA) is 178 Å². The summed E-state index contributed by atoms with van der Waals surface area (Å²) in [6, 6.07) is 5.34. The second-order valence-corrected chi connectivity index (χ2v) is 12.6. The summed E-state index contributed by atoms with van der Waals surface area (Å²) in [6.07, 6.45) is 5.85. The van der Waals surface area contributed by atoms with E-state index in [2.05, 4.69) is 40.6 Å². The van der Waals surface area contributed by atoms with Crippen LogP contribution >= 0.6 is 15.9 Å². The summed E-state index contributed by atoms with van der Waals surface area (Å²) < 4.78 is 53.0. The number of carbonyl (C=O) groups excluding carboxylic acids is 1. The summed E-state index contributed by atoms with van der Waals surface area (Å²) in [5.74, 6) is 0.426. The molecule has 3 heterocycles. The van der Waals surface area contributed by atoms with E-state index in [1.54, 1.807) is 30.6 Å². The number of aromatic nitrogens is 4. The maximum absolute atomic E-state index is 13.6. The van der Waals surface area contributed by atoms with Crippen molar-refractivity contribution in [2.24, 2.45) is 23.5 Å². The van der Waals surface area contributed by atoms with Gasteiger partial charge in [0.1, 0.15) is 19.5 Å². The number of rotatable bonds is 10. The molecule has 7 rings (SSSR count). The van der Waals surface area contributed by atoms with E-state index in [0.717, 1.165) is 4.47 Å². The highest BCUT2D eigenvalue weighted by molar-refractivity contribution is 9.10. The van der Waals surface area contributed by atoms with Crippen molar-refractivity contribution in [3.8, 4) is 34.5 Å². The molecular formula is C25H25BrN6O7S. The first kappa shape index (κ1) is 26.5. The van der Waals surface area contributed by atoms with Crippen LogP contribution in [0.25, 0.3) is 11.1 Å². The van der Waals surface area contributed by atoms with Crippen LogP contribution in [0.15, 0.2) is 41.4 Å². The molecule has 0 unspecified atom stereocenters. The van der Waals surface area contributed by atoms with E-state index in [1.807, 2.05) is 0 Å². The van der Waals surface area contributed by atoms with Crippen LogP contribution in [0.2, 0.25) is 0 Å². The first-order chi connectivity index (χ1) is 19.3. The van der Waals surface area contributed by atoms with Gasteiger partial charge in [0.15, 0.2) is 17.3 Å². The lowest BCUT2D eigenvalue weighted by molar-refractivity contribution is -0.128. The van der Waals surface area contributed by atoms with Crippen molar-refractivity contribution in [1.29, 1.82) is 0 Å². The van der Waals surface area contributed by atoms with Gasteiger partial charge in [0, 0.05) is 18.3 Å². The van der Waals surface area contributed by atoms with Crippen LogP contribution in [-0.2, 0) is 14.8 Å². The van der Waals surface area contributed by atoms with E-state index in [1.165, 1.54) is 6.33 Å². The van der Waals surface area contributed by atoms with Gasteiger partial charge in [-0.25, -0.2) is 28.4 Å². The van der Waals surface area contributed by atoms with Crippen molar-refractivity contribution in [3.05, 3.63) is 41.4 Å². The Labute approximate surface area is 238 Å². The number of anilines is 1. The molecule has 0 spiro atoms. The molecule has 3 N–H and O–H groups in total. The van der Waals surface area contributed by atoms with Crippen LogP contribution in [0.5, 0.6) is 23.4 Å². The Morgan fingerprint density at radius 2 is 1.77 bits per heavy atom. The monoisotopic (exact) mass is 632 g/mol. The molecule has 40 heavy (non-hydrogen) atoms. The highest BCUT2D eigenvalue weighted by Crippen LogP contribution is 2.51. The van der Waals surface area contributed by atoms with Crippen LogP contribution in [-0.4, -0.2) is 59.5 Å². The number of nitrogens with one attached hydrogen (secondary N) is 1. The van der Waals surface area contributed by atoms with Crippen molar-refractivity contribution in [3.63, 3.8) is 0 Å². The second kappa shape index (κ2) is 10.7. The fourth-order valence-electron chi connectivity index (χ4n) is 5.43. The third-order valence-corrected chi connectivity index (χ3v) is 9.68. The van der Waals surface area contributed by atoms with Gasteiger partial charge in [0.2, 0.25) is 28.6 Å². The molecule has 0 radical (unpaired) electrons. The summed E-state index contributed by atoms with van der Waals surface area (Å²) in [5, 5.41) is -0.766. The highest BCUT2D eigenvalue weighted by Gasteiger charge is 2.52. The summed E-state index contributed by atoms with van der Waals surface area (Å²) in [7, 11) is -3.94. The maximum atomic E-state index is 13.6. The van der Waals surface area contributed by atoms with E-state index < -0.39 is 27.1 Å². The normalized spacial score (nSPS) is 22.7. The number of hydrogen-bond acceptors (Lipinski definition) is 11. The zero-order valence-corrected chi connectivity index (χ0v) is 23.4. The number of amides is 1. The fourth-order valence-corrected chi connectivity index (χ4v) is 7.40. The molecule has 0 saturated heterocycles. The zero-order valence-electron chi connectivity index (χ0n) is 21.0. The fraction of sp³-hybridized carbons (Fsp3) is 0.400. The number of ether oxygens (including phenoxy) is 4. The first-order valence-corrected chi connectivity index (χ1v) is 14.9. The predicted octanol–water partition coefficient (Wildman–Crippen LogP) is 2.52. The van der Waals surface area contributed by atoms with Gasteiger partial charge in [-0.05, 0) is 64.7 Å². The van der Waals surface area contributed by atoms with E-state index in [4.69, 9.17) is 24.7 Å². The van der Waals surface area contributed by atoms with Gasteiger partial charge in [-0.2, -0.15) is 0 Å². The largest absolute Gasteiger partial charge is 0.473 e. The molecule has 210 valence electrons. The summed E-state index contributed by atoms with van der Waals surface area (Å²) in [6.45, 7) is 0.243. The van der Waals surface area contributed by atoms with E-state index >= 15 is 0 Å².